The number of rotatable bonds is 8. The average molecular weight is 526 g/mol. The fraction of sp³-hybridized carbons (Fsp3) is 0.174. The van der Waals surface area contributed by atoms with Crippen LogP contribution in [0.3, 0.4) is 0 Å². The second-order valence-electron chi connectivity index (χ2n) is 7.11. The van der Waals surface area contributed by atoms with Crippen molar-refractivity contribution in [2.45, 2.75) is 30.6 Å². The van der Waals surface area contributed by atoms with E-state index in [1.807, 2.05) is 0 Å². The highest BCUT2D eigenvalue weighted by atomic mass is 35.5. The van der Waals surface area contributed by atoms with Crippen molar-refractivity contribution in [3.63, 3.8) is 0 Å². The minimum atomic E-state index is -3.94. The van der Waals surface area contributed by atoms with E-state index in [0.717, 1.165) is 11.9 Å². The van der Waals surface area contributed by atoms with Crippen LogP contribution >= 0.6 is 35.1 Å². The molecule has 3 aromatic carbocycles. The standard InChI is InChI=1S/C23H21Cl2NO5S2/c1-4-26(33(29,30)21-9-14(2)15(3)22(13-21)23(27)28)32-20-7-5-18(6-8-20)31-19-11-16(24)10-17(25)12-19/h5-13H,4H2,1-3H3,(H,27,28). The van der Waals surface area contributed by atoms with Gasteiger partial charge in [0.15, 0.2) is 0 Å². The first-order valence-electron chi connectivity index (χ1n) is 9.80. The topological polar surface area (TPSA) is 83.9 Å². The van der Waals surface area contributed by atoms with Crippen LogP contribution in [0.2, 0.25) is 10.0 Å². The highest BCUT2D eigenvalue weighted by molar-refractivity contribution is 8.08. The molecule has 0 unspecified atom stereocenters. The van der Waals surface area contributed by atoms with E-state index in [2.05, 4.69) is 0 Å². The highest BCUT2D eigenvalue weighted by Gasteiger charge is 2.27. The van der Waals surface area contributed by atoms with Gasteiger partial charge in [-0.25, -0.2) is 13.2 Å². The number of hydrogen-bond acceptors (Lipinski definition) is 5. The summed E-state index contributed by atoms with van der Waals surface area (Å²) in [5.41, 5.74) is 1.10. The van der Waals surface area contributed by atoms with Gasteiger partial charge in [0.2, 0.25) is 0 Å². The fourth-order valence-corrected chi connectivity index (χ4v) is 6.21. The van der Waals surface area contributed by atoms with Gasteiger partial charge in [-0.15, -0.1) is 3.71 Å². The van der Waals surface area contributed by atoms with E-state index in [9.17, 15) is 18.3 Å². The number of benzene rings is 3. The number of carboxylic acid groups (broad SMARTS) is 1. The minimum Gasteiger partial charge on any atom is -0.478 e. The molecule has 0 heterocycles. The van der Waals surface area contributed by atoms with Gasteiger partial charge >= 0.3 is 5.97 Å². The monoisotopic (exact) mass is 525 g/mol. The Hall–Kier alpha value is -2.23. The first kappa shape index (κ1) is 25.4. The molecule has 3 rings (SSSR count). The van der Waals surface area contributed by atoms with Crippen molar-refractivity contribution in [2.75, 3.05) is 6.54 Å². The summed E-state index contributed by atoms with van der Waals surface area (Å²) in [6.07, 6.45) is 0. The molecule has 0 atom stereocenters. The summed E-state index contributed by atoms with van der Waals surface area (Å²) in [6, 6.07) is 14.4. The molecule has 0 amide bonds. The summed E-state index contributed by atoms with van der Waals surface area (Å²) in [7, 11) is -3.94. The highest BCUT2D eigenvalue weighted by Crippen LogP contribution is 2.33. The molecule has 33 heavy (non-hydrogen) atoms. The largest absolute Gasteiger partial charge is 0.478 e. The van der Waals surface area contributed by atoms with Gasteiger partial charge in [0.25, 0.3) is 10.0 Å². The Balaban J connectivity index is 1.82. The summed E-state index contributed by atoms with van der Waals surface area (Å²) in [6.45, 7) is 5.24. The number of hydrogen-bond donors (Lipinski definition) is 1. The molecule has 174 valence electrons. The molecule has 0 aliphatic rings. The van der Waals surface area contributed by atoms with Crippen molar-refractivity contribution in [3.05, 3.63) is 81.3 Å². The lowest BCUT2D eigenvalue weighted by molar-refractivity contribution is 0.0695. The van der Waals surface area contributed by atoms with Crippen LogP contribution in [0.4, 0.5) is 0 Å². The Morgan fingerprint density at radius 3 is 2.15 bits per heavy atom. The van der Waals surface area contributed by atoms with E-state index < -0.39 is 16.0 Å². The Bertz CT molecular complexity index is 1270. The molecule has 0 saturated heterocycles. The summed E-state index contributed by atoms with van der Waals surface area (Å²) in [5.74, 6) is -0.154. The lowest BCUT2D eigenvalue weighted by Crippen LogP contribution is -2.25. The van der Waals surface area contributed by atoms with Crippen LogP contribution in [0.15, 0.2) is 64.4 Å². The lowest BCUT2D eigenvalue weighted by Gasteiger charge is -2.20. The maximum Gasteiger partial charge on any atom is 0.336 e. The van der Waals surface area contributed by atoms with Gasteiger partial charge in [0.05, 0.1) is 10.5 Å². The molecule has 0 bridgehead atoms. The van der Waals surface area contributed by atoms with E-state index in [-0.39, 0.29) is 17.0 Å². The number of aryl methyl sites for hydroxylation is 1. The van der Waals surface area contributed by atoms with Crippen molar-refractivity contribution in [2.24, 2.45) is 0 Å². The van der Waals surface area contributed by atoms with Gasteiger partial charge in [-0.05, 0) is 91.5 Å². The zero-order valence-corrected chi connectivity index (χ0v) is 21.1. The third-order valence-corrected chi connectivity index (χ3v) is 8.62. The first-order chi connectivity index (χ1) is 15.5. The molecule has 3 aromatic rings. The number of sulfonamides is 1. The number of ether oxygens (including phenoxy) is 1. The minimum absolute atomic E-state index is 0.0303. The van der Waals surface area contributed by atoms with Gasteiger partial charge in [0.1, 0.15) is 11.5 Å². The molecular formula is C23H21Cl2NO5S2. The van der Waals surface area contributed by atoms with Crippen molar-refractivity contribution in [1.29, 1.82) is 0 Å². The molecule has 0 spiro atoms. The quantitative estimate of drug-likeness (QED) is 0.325. The Kier molecular flexibility index (Phi) is 7.97. The molecule has 10 heteroatoms. The van der Waals surface area contributed by atoms with Crippen LogP contribution in [0.5, 0.6) is 11.5 Å². The van der Waals surface area contributed by atoms with Crippen molar-refractivity contribution >= 4 is 51.1 Å². The second-order valence-corrected chi connectivity index (χ2v) is 11.2. The van der Waals surface area contributed by atoms with Gasteiger partial charge in [-0.3, -0.25) is 0 Å². The van der Waals surface area contributed by atoms with Crippen LogP contribution in [-0.2, 0) is 10.0 Å². The molecule has 6 nitrogen and oxygen atoms in total. The van der Waals surface area contributed by atoms with Crippen LogP contribution < -0.4 is 4.74 Å². The van der Waals surface area contributed by atoms with E-state index in [1.165, 1.54) is 15.8 Å². The zero-order valence-electron chi connectivity index (χ0n) is 18.0. The van der Waals surface area contributed by atoms with E-state index in [1.54, 1.807) is 63.2 Å². The van der Waals surface area contributed by atoms with Crippen molar-refractivity contribution in [3.8, 4) is 11.5 Å². The van der Waals surface area contributed by atoms with Crippen LogP contribution in [0, 0.1) is 13.8 Å². The normalized spacial score (nSPS) is 11.6. The molecule has 0 radical (unpaired) electrons. The third-order valence-electron chi connectivity index (χ3n) is 4.80. The van der Waals surface area contributed by atoms with Gasteiger partial charge in [0, 0.05) is 21.5 Å². The first-order valence-corrected chi connectivity index (χ1v) is 12.8. The molecule has 0 fully saturated rings. The van der Waals surface area contributed by atoms with Crippen molar-refractivity contribution in [1.82, 2.24) is 3.71 Å². The van der Waals surface area contributed by atoms with Crippen LogP contribution in [0.1, 0.15) is 28.4 Å². The van der Waals surface area contributed by atoms with Crippen LogP contribution in [-0.4, -0.2) is 29.7 Å². The lowest BCUT2D eigenvalue weighted by atomic mass is 10.0. The predicted octanol–water partition coefficient (Wildman–Crippen LogP) is 6.82. The number of aromatic carboxylic acids is 1. The van der Waals surface area contributed by atoms with Crippen LogP contribution in [0.25, 0.3) is 0 Å². The Labute approximate surface area is 207 Å². The second kappa shape index (κ2) is 10.4. The third kappa shape index (κ3) is 6.02. The number of nitrogens with zero attached hydrogens (tertiary/aromatic N) is 1. The molecular weight excluding hydrogens is 505 g/mol. The molecule has 0 aliphatic carbocycles. The summed E-state index contributed by atoms with van der Waals surface area (Å²) in [5, 5.41) is 10.3. The average Bonchev–Trinajstić information content (AvgIpc) is 2.73. The maximum absolute atomic E-state index is 13.2. The van der Waals surface area contributed by atoms with E-state index in [4.69, 9.17) is 27.9 Å². The smallest absolute Gasteiger partial charge is 0.336 e. The fourth-order valence-electron chi connectivity index (χ4n) is 3.01. The Morgan fingerprint density at radius 1 is 1.00 bits per heavy atom. The summed E-state index contributed by atoms with van der Waals surface area (Å²) >= 11 is 13.0. The molecule has 0 saturated carbocycles. The van der Waals surface area contributed by atoms with Gasteiger partial charge < -0.3 is 9.84 Å². The number of carboxylic acids is 1. The maximum atomic E-state index is 13.2. The van der Waals surface area contributed by atoms with E-state index >= 15 is 0 Å². The van der Waals surface area contributed by atoms with Crippen molar-refractivity contribution < 1.29 is 23.1 Å². The zero-order chi connectivity index (χ0) is 24.3. The molecule has 0 aliphatic heterocycles. The summed E-state index contributed by atoms with van der Waals surface area (Å²) < 4.78 is 33.5. The SMILES string of the molecule is CCN(Sc1ccc(Oc2cc(Cl)cc(Cl)c2)cc1)S(=O)(=O)c1cc(C)c(C)c(C(=O)O)c1. The number of halogens is 2. The predicted molar refractivity (Wildman–Crippen MR) is 131 cm³/mol. The summed E-state index contributed by atoms with van der Waals surface area (Å²) in [4.78, 5) is 12.1. The van der Waals surface area contributed by atoms with E-state index in [0.29, 0.717) is 37.6 Å². The number of carbonyl (C=O) groups is 1. The van der Waals surface area contributed by atoms with Gasteiger partial charge in [-0.2, -0.15) is 0 Å². The molecule has 1 N–H and O–H groups in total. The van der Waals surface area contributed by atoms with Gasteiger partial charge in [-0.1, -0.05) is 30.1 Å². The Morgan fingerprint density at radius 2 is 1.61 bits per heavy atom. The molecule has 0 aromatic heterocycles.